The van der Waals surface area contributed by atoms with Gasteiger partial charge in [-0.2, -0.15) is 0 Å². The zero-order valence-electron chi connectivity index (χ0n) is 13.1. The van der Waals surface area contributed by atoms with Crippen molar-refractivity contribution < 1.29 is 19.6 Å². The first-order valence-corrected chi connectivity index (χ1v) is 8.05. The number of hydrogen-bond donors (Lipinski definition) is 3. The zero-order chi connectivity index (χ0) is 18.4. The van der Waals surface area contributed by atoms with Gasteiger partial charge in [0.15, 0.2) is 0 Å². The molecule has 0 saturated carbocycles. The highest BCUT2D eigenvalue weighted by atomic mass is 32.2. The molecule has 0 aliphatic rings. The van der Waals surface area contributed by atoms with Gasteiger partial charge in [0, 0.05) is 22.6 Å². The molecule has 0 aromatic heterocycles. The summed E-state index contributed by atoms with van der Waals surface area (Å²) in [5, 5.41) is 19.4. The molecule has 25 heavy (non-hydrogen) atoms. The van der Waals surface area contributed by atoms with Crippen LogP contribution in [0, 0.1) is 10.1 Å². The van der Waals surface area contributed by atoms with E-state index in [4.69, 9.17) is 0 Å². The van der Waals surface area contributed by atoms with Gasteiger partial charge >= 0.3 is 0 Å². The van der Waals surface area contributed by atoms with E-state index in [2.05, 4.69) is 10.9 Å². The smallest absolute Gasteiger partial charge is 0.269 e. The number of aromatic hydroxyl groups is 1. The molecule has 0 unspecified atom stereocenters. The molecule has 0 saturated heterocycles. The van der Waals surface area contributed by atoms with Gasteiger partial charge in [0.25, 0.3) is 17.5 Å². The number of thioether (sulfide) groups is 1. The predicted molar refractivity (Wildman–Crippen MR) is 92.1 cm³/mol. The highest BCUT2D eigenvalue weighted by molar-refractivity contribution is 8.00. The van der Waals surface area contributed by atoms with E-state index < -0.39 is 22.0 Å². The van der Waals surface area contributed by atoms with E-state index in [0.717, 1.165) is 0 Å². The van der Waals surface area contributed by atoms with E-state index in [-0.39, 0.29) is 17.0 Å². The fraction of sp³-hybridized carbons (Fsp3) is 0.125. The Labute approximate surface area is 147 Å². The Morgan fingerprint density at radius 1 is 1.16 bits per heavy atom. The summed E-state index contributed by atoms with van der Waals surface area (Å²) in [4.78, 5) is 34.7. The summed E-state index contributed by atoms with van der Waals surface area (Å²) < 4.78 is 0. The zero-order valence-corrected chi connectivity index (χ0v) is 13.9. The van der Waals surface area contributed by atoms with Crippen LogP contribution in [0.25, 0.3) is 0 Å². The monoisotopic (exact) mass is 361 g/mol. The number of carbonyl (C=O) groups is 2. The third-order valence-corrected chi connectivity index (χ3v) is 4.25. The first-order chi connectivity index (χ1) is 11.9. The Bertz CT molecular complexity index is 795. The summed E-state index contributed by atoms with van der Waals surface area (Å²) in [5.41, 5.74) is 4.74. The molecular formula is C16H15N3O5S. The Kier molecular flexibility index (Phi) is 5.96. The van der Waals surface area contributed by atoms with Gasteiger partial charge < -0.3 is 5.11 Å². The van der Waals surface area contributed by atoms with E-state index in [0.29, 0.717) is 4.90 Å². The lowest BCUT2D eigenvalue weighted by atomic mass is 10.2. The van der Waals surface area contributed by atoms with Gasteiger partial charge in [-0.1, -0.05) is 6.07 Å². The van der Waals surface area contributed by atoms with Crippen LogP contribution in [0.5, 0.6) is 5.75 Å². The Morgan fingerprint density at radius 2 is 1.84 bits per heavy atom. The second kappa shape index (κ2) is 8.15. The second-order valence-electron chi connectivity index (χ2n) is 5.00. The van der Waals surface area contributed by atoms with Gasteiger partial charge in [-0.25, -0.2) is 0 Å². The van der Waals surface area contributed by atoms with Gasteiger partial charge in [-0.15, -0.1) is 11.8 Å². The van der Waals surface area contributed by atoms with Gasteiger partial charge in [0.1, 0.15) is 5.75 Å². The lowest BCUT2D eigenvalue weighted by Gasteiger charge is -2.12. The van der Waals surface area contributed by atoms with Crippen molar-refractivity contribution >= 4 is 29.3 Å². The minimum absolute atomic E-state index is 0.0279. The van der Waals surface area contributed by atoms with E-state index in [9.17, 15) is 24.8 Å². The molecule has 0 fully saturated rings. The minimum atomic E-state index is -0.559. The summed E-state index contributed by atoms with van der Waals surface area (Å²) in [5.74, 6) is -1.05. The number of amides is 2. The highest BCUT2D eigenvalue weighted by Gasteiger charge is 2.16. The summed E-state index contributed by atoms with van der Waals surface area (Å²) in [6, 6.07) is 11.5. The third-order valence-electron chi connectivity index (χ3n) is 3.14. The number of hydrazine groups is 1. The van der Waals surface area contributed by atoms with Crippen LogP contribution in [0.1, 0.15) is 17.3 Å². The molecule has 9 heteroatoms. The molecule has 1 atom stereocenters. The van der Waals surface area contributed by atoms with E-state index in [1.54, 1.807) is 19.1 Å². The molecule has 0 aliphatic carbocycles. The molecule has 0 heterocycles. The SMILES string of the molecule is C[C@@H](Sc1ccc([N+](=O)[O-])cc1)C(=O)NNC(=O)c1cccc(O)c1. The van der Waals surface area contributed by atoms with E-state index >= 15 is 0 Å². The van der Waals surface area contributed by atoms with Crippen molar-refractivity contribution in [3.05, 3.63) is 64.2 Å². The van der Waals surface area contributed by atoms with E-state index in [1.165, 1.54) is 48.2 Å². The van der Waals surface area contributed by atoms with Crippen molar-refractivity contribution in [3.8, 4) is 5.75 Å². The third kappa shape index (κ3) is 5.21. The van der Waals surface area contributed by atoms with Crippen LogP contribution >= 0.6 is 11.8 Å². The molecule has 0 bridgehead atoms. The van der Waals surface area contributed by atoms with Crippen LogP contribution < -0.4 is 10.9 Å². The number of nitro groups is 1. The maximum atomic E-state index is 12.0. The molecule has 130 valence electrons. The highest BCUT2D eigenvalue weighted by Crippen LogP contribution is 2.25. The molecule has 3 N–H and O–H groups in total. The second-order valence-corrected chi connectivity index (χ2v) is 6.42. The number of rotatable bonds is 5. The molecule has 2 amide bonds. The normalized spacial score (nSPS) is 11.4. The molecule has 2 rings (SSSR count). The number of hydrogen-bond acceptors (Lipinski definition) is 6. The number of phenols is 1. The van der Waals surface area contributed by atoms with Crippen molar-refractivity contribution in [1.82, 2.24) is 10.9 Å². The molecule has 0 aliphatic heterocycles. The van der Waals surface area contributed by atoms with Crippen LogP contribution in [0.15, 0.2) is 53.4 Å². The molecule has 8 nitrogen and oxygen atoms in total. The fourth-order valence-corrected chi connectivity index (χ4v) is 2.71. The Hall–Kier alpha value is -3.07. The lowest BCUT2D eigenvalue weighted by molar-refractivity contribution is -0.384. The van der Waals surface area contributed by atoms with Gasteiger partial charge in [-0.3, -0.25) is 30.6 Å². The predicted octanol–water partition coefficient (Wildman–Crippen LogP) is 2.24. The number of nitrogens with zero attached hydrogens (tertiary/aromatic N) is 1. The Balaban J connectivity index is 1.87. The summed E-state index contributed by atoms with van der Waals surface area (Å²) >= 11 is 1.20. The summed E-state index contributed by atoms with van der Waals surface area (Å²) in [7, 11) is 0. The van der Waals surface area contributed by atoms with Gasteiger partial charge in [0.2, 0.25) is 0 Å². The largest absolute Gasteiger partial charge is 0.508 e. The van der Waals surface area contributed by atoms with Crippen molar-refractivity contribution in [2.45, 2.75) is 17.1 Å². The molecule has 2 aromatic carbocycles. The van der Waals surface area contributed by atoms with Crippen LogP contribution in [-0.2, 0) is 4.79 Å². The van der Waals surface area contributed by atoms with Crippen LogP contribution in [0.3, 0.4) is 0 Å². The van der Waals surface area contributed by atoms with Crippen LogP contribution in [0.4, 0.5) is 5.69 Å². The number of carbonyl (C=O) groups excluding carboxylic acids is 2. The summed E-state index contributed by atoms with van der Waals surface area (Å²) in [6.45, 7) is 1.64. The number of nitro benzene ring substituents is 1. The maximum Gasteiger partial charge on any atom is 0.269 e. The molecule has 0 radical (unpaired) electrons. The molecule has 0 spiro atoms. The minimum Gasteiger partial charge on any atom is -0.508 e. The number of non-ortho nitro benzene ring substituents is 1. The average Bonchev–Trinajstić information content (AvgIpc) is 2.59. The van der Waals surface area contributed by atoms with Crippen molar-refractivity contribution in [2.75, 3.05) is 0 Å². The van der Waals surface area contributed by atoms with Crippen LogP contribution in [0.2, 0.25) is 0 Å². The van der Waals surface area contributed by atoms with Crippen molar-refractivity contribution in [2.24, 2.45) is 0 Å². The maximum absolute atomic E-state index is 12.0. The fourth-order valence-electron chi connectivity index (χ4n) is 1.84. The van der Waals surface area contributed by atoms with Crippen molar-refractivity contribution in [1.29, 1.82) is 0 Å². The quantitative estimate of drug-likeness (QED) is 0.426. The van der Waals surface area contributed by atoms with Crippen molar-refractivity contribution in [3.63, 3.8) is 0 Å². The first-order valence-electron chi connectivity index (χ1n) is 7.17. The van der Waals surface area contributed by atoms with Crippen LogP contribution in [-0.4, -0.2) is 27.1 Å². The Morgan fingerprint density at radius 3 is 2.44 bits per heavy atom. The first kappa shape index (κ1) is 18.3. The lowest BCUT2D eigenvalue weighted by Crippen LogP contribution is -2.44. The topological polar surface area (TPSA) is 122 Å². The average molecular weight is 361 g/mol. The number of benzene rings is 2. The van der Waals surface area contributed by atoms with E-state index in [1.807, 2.05) is 0 Å². The molecule has 2 aromatic rings. The molecular weight excluding hydrogens is 346 g/mol. The number of phenolic OH excluding ortho intramolecular Hbond substituents is 1. The standard InChI is InChI=1S/C16H15N3O5S/c1-10(25-14-7-5-12(6-8-14)19(23)24)15(21)17-18-16(22)11-3-2-4-13(20)9-11/h2-10,20H,1H3,(H,17,21)(H,18,22)/t10-/m1/s1. The number of nitrogens with one attached hydrogen (secondary N) is 2. The van der Waals surface area contributed by atoms with Gasteiger partial charge in [-0.05, 0) is 37.3 Å². The summed E-state index contributed by atoms with van der Waals surface area (Å²) in [6.07, 6.45) is 0. The van der Waals surface area contributed by atoms with Gasteiger partial charge in [0.05, 0.1) is 10.2 Å².